The molecule has 0 aliphatic rings. The summed E-state index contributed by atoms with van der Waals surface area (Å²) in [6, 6.07) is 16.6. The van der Waals surface area contributed by atoms with Gasteiger partial charge in [0.15, 0.2) is 5.82 Å². The van der Waals surface area contributed by atoms with Gasteiger partial charge in [0.2, 0.25) is 0 Å². The van der Waals surface area contributed by atoms with E-state index in [1.807, 2.05) is 42.5 Å². The van der Waals surface area contributed by atoms with E-state index in [2.05, 4.69) is 15.2 Å². The van der Waals surface area contributed by atoms with Crippen LogP contribution in [0.1, 0.15) is 0 Å². The zero-order valence-electron chi connectivity index (χ0n) is 10.1. The van der Waals surface area contributed by atoms with Gasteiger partial charge in [-0.05, 0) is 23.6 Å². The number of nitrogens with zero attached hydrogens (tertiary/aromatic N) is 3. The normalized spacial score (nSPS) is 11.2. The highest BCUT2D eigenvalue weighted by Crippen LogP contribution is 2.35. The van der Waals surface area contributed by atoms with Gasteiger partial charge in [0.05, 0.1) is 0 Å². The highest BCUT2D eigenvalue weighted by molar-refractivity contribution is 5.95. The van der Waals surface area contributed by atoms with Crippen molar-refractivity contribution in [1.82, 2.24) is 4.98 Å². The Labute approximate surface area is 110 Å². The second-order valence-electron chi connectivity index (χ2n) is 4.04. The first kappa shape index (κ1) is 11.3. The molecular formula is C15H11N3O. The lowest BCUT2D eigenvalue weighted by Crippen LogP contribution is -1.75. The Morgan fingerprint density at radius 2 is 1.68 bits per heavy atom. The van der Waals surface area contributed by atoms with Gasteiger partial charge in [0.25, 0.3) is 0 Å². The lowest BCUT2D eigenvalue weighted by Gasteiger charge is -2.03. The summed E-state index contributed by atoms with van der Waals surface area (Å²) in [7, 11) is 0. The molecule has 4 heteroatoms. The smallest absolute Gasteiger partial charge is 0.174 e. The topological polar surface area (TPSA) is 57.8 Å². The summed E-state index contributed by atoms with van der Waals surface area (Å²) in [4.78, 5) is 4.06. The van der Waals surface area contributed by atoms with Crippen LogP contribution in [0, 0.1) is 0 Å². The molecule has 3 aromatic rings. The molecule has 0 bridgehead atoms. The minimum atomic E-state index is 0.110. The van der Waals surface area contributed by atoms with Gasteiger partial charge in [-0.3, -0.25) is 0 Å². The summed E-state index contributed by atoms with van der Waals surface area (Å²) in [5.41, 5.74) is 0.462. The van der Waals surface area contributed by atoms with Crippen molar-refractivity contribution >= 4 is 22.3 Å². The molecule has 0 aliphatic carbocycles. The molecule has 0 radical (unpaired) electrons. The molecule has 4 nitrogen and oxygen atoms in total. The van der Waals surface area contributed by atoms with Crippen molar-refractivity contribution in [2.75, 3.05) is 0 Å². The van der Waals surface area contributed by atoms with Crippen LogP contribution in [0.3, 0.4) is 0 Å². The first-order valence-corrected chi connectivity index (χ1v) is 5.88. The minimum absolute atomic E-state index is 0.110. The number of rotatable bonds is 2. The number of aromatic hydroxyl groups is 1. The van der Waals surface area contributed by atoms with E-state index >= 15 is 0 Å². The van der Waals surface area contributed by atoms with E-state index in [9.17, 15) is 5.11 Å². The molecule has 1 heterocycles. The Bertz CT molecular complexity index is 739. The van der Waals surface area contributed by atoms with Crippen LogP contribution in [0.15, 0.2) is 71.0 Å². The van der Waals surface area contributed by atoms with Crippen LogP contribution in [-0.2, 0) is 0 Å². The van der Waals surface area contributed by atoms with E-state index in [-0.39, 0.29) is 5.75 Å². The molecule has 1 aromatic heterocycles. The molecule has 0 amide bonds. The van der Waals surface area contributed by atoms with Crippen molar-refractivity contribution in [2.45, 2.75) is 0 Å². The SMILES string of the molecule is Oc1ccc2ccccc2c1N=Nc1ccccn1. The van der Waals surface area contributed by atoms with Gasteiger partial charge >= 0.3 is 0 Å². The maximum atomic E-state index is 9.91. The molecule has 3 rings (SSSR count). The number of fused-ring (bicyclic) bond motifs is 1. The summed E-state index contributed by atoms with van der Waals surface area (Å²) in [6.07, 6.45) is 1.65. The van der Waals surface area contributed by atoms with Crippen molar-refractivity contribution in [3.63, 3.8) is 0 Å². The predicted octanol–water partition coefficient (Wildman–Crippen LogP) is 4.36. The highest BCUT2D eigenvalue weighted by atomic mass is 16.3. The molecular weight excluding hydrogens is 238 g/mol. The van der Waals surface area contributed by atoms with Crippen LogP contribution in [0.5, 0.6) is 5.75 Å². The van der Waals surface area contributed by atoms with E-state index in [1.54, 1.807) is 18.3 Å². The van der Waals surface area contributed by atoms with Gasteiger partial charge in [-0.25, -0.2) is 4.98 Å². The number of phenols is 1. The lowest BCUT2D eigenvalue weighted by atomic mass is 10.1. The molecule has 0 atom stereocenters. The quantitative estimate of drug-likeness (QED) is 0.686. The summed E-state index contributed by atoms with van der Waals surface area (Å²) in [5.74, 6) is 0.619. The molecule has 0 spiro atoms. The predicted molar refractivity (Wildman–Crippen MR) is 74.0 cm³/mol. The van der Waals surface area contributed by atoms with Crippen LogP contribution in [0.25, 0.3) is 10.8 Å². The largest absolute Gasteiger partial charge is 0.506 e. The maximum absolute atomic E-state index is 9.91. The first-order valence-electron chi connectivity index (χ1n) is 5.88. The fraction of sp³-hybridized carbons (Fsp3) is 0. The fourth-order valence-electron chi connectivity index (χ4n) is 1.86. The zero-order chi connectivity index (χ0) is 13.1. The summed E-state index contributed by atoms with van der Waals surface area (Å²) >= 11 is 0. The minimum Gasteiger partial charge on any atom is -0.506 e. The van der Waals surface area contributed by atoms with Gasteiger partial charge in [-0.15, -0.1) is 10.2 Å². The third-order valence-electron chi connectivity index (χ3n) is 2.78. The Balaban J connectivity index is 2.10. The number of benzene rings is 2. The summed E-state index contributed by atoms with van der Waals surface area (Å²) in [6.45, 7) is 0. The Morgan fingerprint density at radius 1 is 0.842 bits per heavy atom. The van der Waals surface area contributed by atoms with E-state index in [0.29, 0.717) is 11.5 Å². The van der Waals surface area contributed by atoms with Crippen LogP contribution in [-0.4, -0.2) is 10.1 Å². The Kier molecular flexibility index (Phi) is 2.90. The van der Waals surface area contributed by atoms with E-state index in [1.165, 1.54) is 0 Å². The van der Waals surface area contributed by atoms with Gasteiger partial charge < -0.3 is 5.11 Å². The van der Waals surface area contributed by atoms with Gasteiger partial charge in [0, 0.05) is 11.6 Å². The van der Waals surface area contributed by atoms with Crippen molar-refractivity contribution in [3.05, 3.63) is 60.8 Å². The molecule has 0 saturated carbocycles. The molecule has 0 saturated heterocycles. The molecule has 2 aromatic carbocycles. The van der Waals surface area contributed by atoms with Crippen molar-refractivity contribution in [1.29, 1.82) is 0 Å². The summed E-state index contributed by atoms with van der Waals surface area (Å²) in [5, 5.41) is 19.9. The van der Waals surface area contributed by atoms with Crippen molar-refractivity contribution in [2.24, 2.45) is 10.2 Å². The number of pyridine rings is 1. The van der Waals surface area contributed by atoms with Crippen LogP contribution < -0.4 is 0 Å². The number of hydrogen-bond acceptors (Lipinski definition) is 4. The summed E-state index contributed by atoms with van der Waals surface area (Å²) < 4.78 is 0. The number of azo groups is 1. The van der Waals surface area contributed by atoms with Crippen LogP contribution in [0.4, 0.5) is 11.5 Å². The molecule has 92 valence electrons. The third-order valence-corrected chi connectivity index (χ3v) is 2.78. The number of phenolic OH excluding ortho intramolecular Hbond substituents is 1. The van der Waals surface area contributed by atoms with E-state index in [0.717, 1.165) is 10.8 Å². The maximum Gasteiger partial charge on any atom is 0.174 e. The molecule has 0 aliphatic heterocycles. The van der Waals surface area contributed by atoms with Crippen molar-refractivity contribution < 1.29 is 5.11 Å². The number of hydrogen-bond donors (Lipinski definition) is 1. The molecule has 0 unspecified atom stereocenters. The standard InChI is InChI=1S/C15H11N3O/c19-13-9-8-11-5-1-2-6-12(11)15(13)18-17-14-7-3-4-10-16-14/h1-10,19H. The average molecular weight is 249 g/mol. The second kappa shape index (κ2) is 4.86. The first-order chi connectivity index (χ1) is 9.34. The van der Waals surface area contributed by atoms with Gasteiger partial charge in [0.1, 0.15) is 11.4 Å². The average Bonchev–Trinajstić information content (AvgIpc) is 2.47. The fourth-order valence-corrected chi connectivity index (χ4v) is 1.86. The third kappa shape index (κ3) is 2.28. The van der Waals surface area contributed by atoms with Crippen LogP contribution in [0.2, 0.25) is 0 Å². The van der Waals surface area contributed by atoms with Gasteiger partial charge in [-0.1, -0.05) is 36.4 Å². The van der Waals surface area contributed by atoms with E-state index < -0.39 is 0 Å². The number of aromatic nitrogens is 1. The molecule has 19 heavy (non-hydrogen) atoms. The Hall–Kier alpha value is -2.75. The van der Waals surface area contributed by atoms with Crippen LogP contribution >= 0.6 is 0 Å². The molecule has 1 N–H and O–H groups in total. The van der Waals surface area contributed by atoms with E-state index in [4.69, 9.17) is 0 Å². The highest BCUT2D eigenvalue weighted by Gasteiger charge is 2.05. The zero-order valence-corrected chi connectivity index (χ0v) is 10.1. The van der Waals surface area contributed by atoms with Gasteiger partial charge in [-0.2, -0.15) is 0 Å². The molecule has 0 fully saturated rings. The monoisotopic (exact) mass is 249 g/mol. The Morgan fingerprint density at radius 3 is 2.53 bits per heavy atom. The lowest BCUT2D eigenvalue weighted by molar-refractivity contribution is 0.477. The van der Waals surface area contributed by atoms with Crippen molar-refractivity contribution in [3.8, 4) is 5.75 Å². The second-order valence-corrected chi connectivity index (χ2v) is 4.04.